The lowest BCUT2D eigenvalue weighted by Crippen LogP contribution is -2.54. The average Bonchev–Trinajstić information content (AvgIpc) is 3.62. The Morgan fingerprint density at radius 2 is 1.87 bits per heavy atom. The smallest absolute Gasteiger partial charge is 0.233 e. The van der Waals surface area contributed by atoms with E-state index in [4.69, 9.17) is 14.2 Å². The van der Waals surface area contributed by atoms with Crippen LogP contribution in [0.25, 0.3) is 0 Å². The fourth-order valence-corrected chi connectivity index (χ4v) is 5.10. The van der Waals surface area contributed by atoms with Gasteiger partial charge in [-0.3, -0.25) is 4.79 Å². The lowest BCUT2D eigenvalue weighted by Gasteiger charge is -2.46. The Hall–Kier alpha value is -2.60. The molecule has 2 saturated heterocycles. The Kier molecular flexibility index (Phi) is 5.34. The van der Waals surface area contributed by atoms with Gasteiger partial charge in [-0.2, -0.15) is 0 Å². The van der Waals surface area contributed by atoms with Crippen LogP contribution in [0.3, 0.4) is 0 Å². The largest absolute Gasteiger partial charge is 0.497 e. The van der Waals surface area contributed by atoms with Gasteiger partial charge in [0, 0.05) is 38.2 Å². The summed E-state index contributed by atoms with van der Waals surface area (Å²) < 4.78 is 17.6. The minimum Gasteiger partial charge on any atom is -0.497 e. The number of likely N-dealkylation sites (tertiary alicyclic amines) is 1. The Morgan fingerprint density at radius 3 is 2.52 bits per heavy atom. The predicted octanol–water partition coefficient (Wildman–Crippen LogP) is 3.74. The number of benzene rings is 1. The first-order chi connectivity index (χ1) is 15.1. The van der Waals surface area contributed by atoms with E-state index in [9.17, 15) is 4.79 Å². The molecule has 1 aliphatic carbocycles. The van der Waals surface area contributed by atoms with Crippen LogP contribution in [0.5, 0.6) is 11.6 Å². The number of rotatable bonds is 5. The van der Waals surface area contributed by atoms with Crippen molar-refractivity contribution in [1.29, 1.82) is 0 Å². The van der Waals surface area contributed by atoms with Crippen molar-refractivity contribution in [2.75, 3.05) is 26.8 Å². The second-order valence-corrected chi connectivity index (χ2v) is 9.03. The van der Waals surface area contributed by atoms with Gasteiger partial charge in [-0.15, -0.1) is 0 Å². The molecule has 2 aliphatic heterocycles. The van der Waals surface area contributed by atoms with E-state index in [-0.39, 0.29) is 23.0 Å². The summed E-state index contributed by atoms with van der Waals surface area (Å²) in [7, 11) is 1.66. The molecule has 1 unspecified atom stereocenters. The zero-order valence-electron chi connectivity index (χ0n) is 18.1. The zero-order valence-corrected chi connectivity index (χ0v) is 18.1. The highest BCUT2D eigenvalue weighted by Crippen LogP contribution is 2.50. The van der Waals surface area contributed by atoms with Crippen LogP contribution in [-0.2, 0) is 14.9 Å². The van der Waals surface area contributed by atoms with Gasteiger partial charge in [0.05, 0.1) is 24.7 Å². The van der Waals surface area contributed by atoms with E-state index in [0.717, 1.165) is 62.9 Å². The molecule has 2 aromatic rings. The summed E-state index contributed by atoms with van der Waals surface area (Å²) in [4.78, 5) is 19.8. The topological polar surface area (TPSA) is 60.9 Å². The summed E-state index contributed by atoms with van der Waals surface area (Å²) in [6.07, 6.45) is 7.17. The normalized spacial score (nSPS) is 23.9. The molecule has 1 saturated carbocycles. The number of carbonyl (C=O) groups is 1. The summed E-state index contributed by atoms with van der Waals surface area (Å²) in [5, 5.41) is 0. The number of piperidine rings is 1. The van der Waals surface area contributed by atoms with Gasteiger partial charge in [0.15, 0.2) is 0 Å². The predicted molar refractivity (Wildman–Crippen MR) is 116 cm³/mol. The first-order valence-corrected chi connectivity index (χ1v) is 11.3. The van der Waals surface area contributed by atoms with Gasteiger partial charge in [0.25, 0.3) is 0 Å². The van der Waals surface area contributed by atoms with E-state index >= 15 is 0 Å². The Bertz CT molecular complexity index is 903. The van der Waals surface area contributed by atoms with Gasteiger partial charge in [0.2, 0.25) is 11.8 Å². The third kappa shape index (κ3) is 4.01. The molecule has 0 radical (unpaired) electrons. The van der Waals surface area contributed by atoms with E-state index < -0.39 is 0 Å². The van der Waals surface area contributed by atoms with E-state index in [1.807, 2.05) is 42.5 Å². The molecule has 1 amide bonds. The van der Waals surface area contributed by atoms with Crippen molar-refractivity contribution in [2.24, 2.45) is 0 Å². The average molecular weight is 423 g/mol. The van der Waals surface area contributed by atoms with Gasteiger partial charge in [0.1, 0.15) is 11.9 Å². The molecule has 0 N–H and O–H groups in total. The number of hydrogen-bond donors (Lipinski definition) is 0. The van der Waals surface area contributed by atoms with Crippen LogP contribution < -0.4 is 9.47 Å². The van der Waals surface area contributed by atoms with Crippen LogP contribution in [0.4, 0.5) is 0 Å². The number of aromatic nitrogens is 1. The molecule has 164 valence electrons. The zero-order chi connectivity index (χ0) is 21.3. The summed E-state index contributed by atoms with van der Waals surface area (Å²) in [6.45, 7) is 2.18. The van der Waals surface area contributed by atoms with Gasteiger partial charge < -0.3 is 19.1 Å². The van der Waals surface area contributed by atoms with Crippen LogP contribution in [0.2, 0.25) is 0 Å². The monoisotopic (exact) mass is 422 g/mol. The summed E-state index contributed by atoms with van der Waals surface area (Å²) in [5.41, 5.74) is 0.580. The van der Waals surface area contributed by atoms with Crippen molar-refractivity contribution in [3.63, 3.8) is 0 Å². The maximum Gasteiger partial charge on any atom is 0.233 e. The number of carbonyl (C=O) groups excluding carboxylic acids is 1. The van der Waals surface area contributed by atoms with Crippen molar-refractivity contribution in [1.82, 2.24) is 9.88 Å². The molecular weight excluding hydrogens is 392 g/mol. The molecule has 1 atom stereocenters. The number of amides is 1. The summed E-state index contributed by atoms with van der Waals surface area (Å²) >= 11 is 0. The third-order valence-corrected chi connectivity index (χ3v) is 7.14. The number of ether oxygens (including phenoxy) is 3. The molecule has 31 heavy (non-hydrogen) atoms. The lowest BCUT2D eigenvalue weighted by atomic mass is 9.82. The Labute approximate surface area is 183 Å². The van der Waals surface area contributed by atoms with Gasteiger partial charge in [-0.1, -0.05) is 18.2 Å². The van der Waals surface area contributed by atoms with Crippen LogP contribution in [0.1, 0.15) is 44.1 Å². The molecule has 3 heterocycles. The second-order valence-electron chi connectivity index (χ2n) is 9.03. The molecule has 3 aliphatic rings. The summed E-state index contributed by atoms with van der Waals surface area (Å²) in [6, 6.07) is 13.7. The van der Waals surface area contributed by atoms with E-state index in [1.165, 1.54) is 0 Å². The maximum absolute atomic E-state index is 13.4. The molecule has 0 bridgehead atoms. The minimum atomic E-state index is -0.338. The number of pyridine rings is 1. The number of nitrogens with zero attached hydrogens (tertiary/aromatic N) is 2. The van der Waals surface area contributed by atoms with E-state index in [0.29, 0.717) is 12.5 Å². The molecule has 6 heteroatoms. The van der Waals surface area contributed by atoms with Crippen LogP contribution in [0.15, 0.2) is 48.7 Å². The molecule has 1 aromatic carbocycles. The van der Waals surface area contributed by atoms with Gasteiger partial charge in [-0.05, 0) is 49.4 Å². The maximum atomic E-state index is 13.4. The standard InChI is InChI=1S/C25H30N2O4/c1-29-20-7-5-19(6-8-20)25(10-11-25)23(28)27-15-12-24(13-16-27)18-21(9-17-30-24)31-22-4-2-3-14-26-22/h2-8,14,21H,9-13,15-18H2,1H3. The summed E-state index contributed by atoms with van der Waals surface area (Å²) in [5.74, 6) is 1.76. The van der Waals surface area contributed by atoms with E-state index in [2.05, 4.69) is 9.88 Å². The van der Waals surface area contributed by atoms with Crippen molar-refractivity contribution < 1.29 is 19.0 Å². The molecular formula is C25H30N2O4. The fraction of sp³-hybridized carbons (Fsp3) is 0.520. The lowest BCUT2D eigenvalue weighted by molar-refractivity contribution is -0.153. The molecule has 6 nitrogen and oxygen atoms in total. The molecule has 1 aromatic heterocycles. The van der Waals surface area contributed by atoms with Crippen LogP contribution in [-0.4, -0.2) is 54.3 Å². The first-order valence-electron chi connectivity index (χ1n) is 11.3. The van der Waals surface area contributed by atoms with Crippen LogP contribution in [0, 0.1) is 0 Å². The highest BCUT2D eigenvalue weighted by Gasteiger charge is 2.54. The molecule has 3 fully saturated rings. The number of hydrogen-bond acceptors (Lipinski definition) is 5. The Morgan fingerprint density at radius 1 is 1.10 bits per heavy atom. The van der Waals surface area contributed by atoms with E-state index in [1.54, 1.807) is 13.3 Å². The Balaban J connectivity index is 1.21. The van der Waals surface area contributed by atoms with Crippen molar-refractivity contribution in [3.8, 4) is 11.6 Å². The van der Waals surface area contributed by atoms with Gasteiger partial charge in [-0.25, -0.2) is 4.98 Å². The van der Waals surface area contributed by atoms with Crippen LogP contribution >= 0.6 is 0 Å². The van der Waals surface area contributed by atoms with Crippen molar-refractivity contribution >= 4 is 5.91 Å². The third-order valence-electron chi connectivity index (χ3n) is 7.14. The SMILES string of the molecule is COc1ccc(C2(C(=O)N3CCC4(CC3)CC(Oc3ccccn3)CCO4)CC2)cc1. The fourth-order valence-electron chi connectivity index (χ4n) is 5.10. The minimum absolute atomic E-state index is 0.111. The van der Waals surface area contributed by atoms with Gasteiger partial charge >= 0.3 is 0 Å². The molecule has 1 spiro atoms. The molecule has 5 rings (SSSR count). The first kappa shape index (κ1) is 20.3. The number of methoxy groups -OCH3 is 1. The second kappa shape index (κ2) is 8.15. The van der Waals surface area contributed by atoms with Crippen molar-refractivity contribution in [2.45, 2.75) is 55.6 Å². The van der Waals surface area contributed by atoms with Crippen molar-refractivity contribution in [3.05, 3.63) is 54.2 Å². The highest BCUT2D eigenvalue weighted by atomic mass is 16.5. The highest BCUT2D eigenvalue weighted by molar-refractivity contribution is 5.91. The quantitative estimate of drug-likeness (QED) is 0.735.